The topological polar surface area (TPSA) is 92.1 Å². The van der Waals surface area contributed by atoms with Gasteiger partial charge in [-0.2, -0.15) is 0 Å². The number of nitrogens with zero attached hydrogens (tertiary/aromatic N) is 2. The maximum atomic E-state index is 13.3. The molecule has 2 aromatic carbocycles. The molecule has 2 heterocycles. The van der Waals surface area contributed by atoms with Gasteiger partial charge in [-0.1, -0.05) is 12.1 Å². The third kappa shape index (κ3) is 5.55. The lowest BCUT2D eigenvalue weighted by molar-refractivity contribution is -0.131. The lowest BCUT2D eigenvalue weighted by atomic mass is 10.1. The van der Waals surface area contributed by atoms with Crippen molar-refractivity contribution in [1.29, 1.82) is 0 Å². The molecule has 3 aromatic rings. The monoisotopic (exact) mass is 495 g/mol. The van der Waals surface area contributed by atoms with E-state index in [1.165, 1.54) is 42.5 Å². The molecule has 1 atom stereocenters. The van der Waals surface area contributed by atoms with E-state index in [1.807, 2.05) is 0 Å². The number of hydrogen-bond donors (Lipinski definition) is 1. The number of amides is 2. The summed E-state index contributed by atoms with van der Waals surface area (Å²) in [6, 6.07) is 14.7. The maximum absolute atomic E-state index is 13.3. The van der Waals surface area contributed by atoms with E-state index < -0.39 is 17.9 Å². The van der Waals surface area contributed by atoms with Crippen LogP contribution in [0.4, 0.5) is 10.1 Å². The van der Waals surface area contributed by atoms with Crippen molar-refractivity contribution in [3.05, 3.63) is 89.6 Å². The van der Waals surface area contributed by atoms with E-state index >= 15 is 0 Å². The minimum Gasteiger partial charge on any atom is -0.467 e. The van der Waals surface area contributed by atoms with E-state index in [0.717, 1.165) is 0 Å². The number of carbonyl (C=O) groups excluding carboxylic acids is 3. The summed E-state index contributed by atoms with van der Waals surface area (Å²) >= 11 is 5.59. The van der Waals surface area contributed by atoms with Crippen molar-refractivity contribution in [3.8, 4) is 0 Å². The predicted molar refractivity (Wildman–Crippen MR) is 129 cm³/mol. The molecule has 0 spiro atoms. The number of halogens is 1. The Morgan fingerprint density at radius 1 is 1.09 bits per heavy atom. The highest BCUT2D eigenvalue weighted by atomic mass is 32.1. The maximum Gasteiger partial charge on any atom is 0.337 e. The molecule has 0 radical (unpaired) electrons. The van der Waals surface area contributed by atoms with Crippen LogP contribution in [0.3, 0.4) is 0 Å². The number of anilines is 1. The highest BCUT2D eigenvalue weighted by molar-refractivity contribution is 7.80. The molecule has 1 fully saturated rings. The summed E-state index contributed by atoms with van der Waals surface area (Å²) in [4.78, 5) is 40.8. The Bertz CT molecular complexity index is 1230. The summed E-state index contributed by atoms with van der Waals surface area (Å²) in [5.74, 6) is -1.000. The minimum atomic E-state index is -0.845. The molecule has 1 saturated heterocycles. The standard InChI is InChI=1S/C25H22FN3O5S/c1-33-24(32)17-6-10-19(11-7-17)27-22(30)13-21-23(31)29(14-16-4-8-18(26)9-5-16)25(35)28(21)15-20-3-2-12-34-20/h2-12,21H,13-15H2,1H3,(H,27,30). The number of esters is 1. The number of carbonyl (C=O) groups is 3. The molecule has 1 N–H and O–H groups in total. The van der Waals surface area contributed by atoms with E-state index in [2.05, 4.69) is 10.1 Å². The van der Waals surface area contributed by atoms with Crippen LogP contribution in [-0.2, 0) is 27.4 Å². The number of thiocarbonyl (C=S) groups is 1. The first kappa shape index (κ1) is 24.1. The van der Waals surface area contributed by atoms with Crippen LogP contribution in [-0.4, -0.2) is 45.8 Å². The predicted octanol–water partition coefficient (Wildman–Crippen LogP) is 3.73. The molecule has 2 amide bonds. The van der Waals surface area contributed by atoms with E-state index in [1.54, 1.807) is 41.3 Å². The first-order valence-electron chi connectivity index (χ1n) is 10.7. The molecule has 35 heavy (non-hydrogen) atoms. The van der Waals surface area contributed by atoms with Crippen LogP contribution in [0.25, 0.3) is 0 Å². The Hall–Kier alpha value is -4.05. The molecular weight excluding hydrogens is 473 g/mol. The largest absolute Gasteiger partial charge is 0.467 e. The average molecular weight is 496 g/mol. The van der Waals surface area contributed by atoms with Gasteiger partial charge < -0.3 is 19.4 Å². The van der Waals surface area contributed by atoms with Crippen LogP contribution in [0.1, 0.15) is 28.1 Å². The second-order valence-electron chi connectivity index (χ2n) is 7.88. The number of furan rings is 1. The second-order valence-corrected chi connectivity index (χ2v) is 8.24. The highest BCUT2D eigenvalue weighted by Gasteiger charge is 2.43. The van der Waals surface area contributed by atoms with E-state index in [-0.39, 0.29) is 36.3 Å². The number of benzene rings is 2. The Morgan fingerprint density at radius 2 is 1.80 bits per heavy atom. The van der Waals surface area contributed by atoms with Gasteiger partial charge in [0.1, 0.15) is 17.6 Å². The van der Waals surface area contributed by atoms with Gasteiger partial charge >= 0.3 is 5.97 Å². The summed E-state index contributed by atoms with van der Waals surface area (Å²) < 4.78 is 23.4. The first-order valence-corrected chi connectivity index (χ1v) is 11.1. The zero-order valence-electron chi connectivity index (χ0n) is 18.8. The first-order chi connectivity index (χ1) is 16.9. The zero-order chi connectivity index (χ0) is 24.9. The van der Waals surface area contributed by atoms with Crippen LogP contribution < -0.4 is 5.32 Å². The number of rotatable bonds is 8. The van der Waals surface area contributed by atoms with Gasteiger partial charge in [0.2, 0.25) is 5.91 Å². The number of ether oxygens (including phenoxy) is 1. The summed E-state index contributed by atoms with van der Waals surface area (Å²) in [5.41, 5.74) is 1.52. The molecule has 0 bridgehead atoms. The number of hydrogen-bond acceptors (Lipinski definition) is 6. The van der Waals surface area contributed by atoms with Crippen molar-refractivity contribution >= 4 is 40.8 Å². The van der Waals surface area contributed by atoms with Crippen LogP contribution >= 0.6 is 12.2 Å². The zero-order valence-corrected chi connectivity index (χ0v) is 19.6. The van der Waals surface area contributed by atoms with Gasteiger partial charge in [-0.05, 0) is 66.3 Å². The molecule has 1 unspecified atom stereocenters. The summed E-state index contributed by atoms with van der Waals surface area (Å²) in [6.45, 7) is 0.364. The van der Waals surface area contributed by atoms with E-state index in [4.69, 9.17) is 16.6 Å². The summed E-state index contributed by atoms with van der Waals surface area (Å²) in [7, 11) is 1.29. The summed E-state index contributed by atoms with van der Waals surface area (Å²) in [5, 5.41) is 3.00. The van der Waals surface area contributed by atoms with Crippen LogP contribution in [0.15, 0.2) is 71.3 Å². The van der Waals surface area contributed by atoms with Crippen molar-refractivity contribution < 1.29 is 27.9 Å². The van der Waals surface area contributed by atoms with E-state index in [9.17, 15) is 18.8 Å². The quantitative estimate of drug-likeness (QED) is 0.376. The third-order valence-corrected chi connectivity index (χ3v) is 5.99. The van der Waals surface area contributed by atoms with Gasteiger partial charge in [0.05, 0.1) is 38.4 Å². The molecule has 0 saturated carbocycles. The lowest BCUT2D eigenvalue weighted by Crippen LogP contribution is -2.37. The lowest BCUT2D eigenvalue weighted by Gasteiger charge is -2.22. The van der Waals surface area contributed by atoms with Crippen molar-refractivity contribution in [3.63, 3.8) is 0 Å². The van der Waals surface area contributed by atoms with Crippen LogP contribution in [0.2, 0.25) is 0 Å². The SMILES string of the molecule is COC(=O)c1ccc(NC(=O)CC2C(=O)N(Cc3ccc(F)cc3)C(=S)N2Cc2ccco2)cc1. The van der Waals surface area contributed by atoms with Crippen molar-refractivity contribution in [1.82, 2.24) is 9.80 Å². The number of nitrogens with one attached hydrogen (secondary N) is 1. The van der Waals surface area contributed by atoms with Crippen molar-refractivity contribution in [2.45, 2.75) is 25.6 Å². The fourth-order valence-electron chi connectivity index (χ4n) is 3.75. The fraction of sp³-hybridized carbons (Fsp3) is 0.200. The highest BCUT2D eigenvalue weighted by Crippen LogP contribution is 2.26. The van der Waals surface area contributed by atoms with Crippen molar-refractivity contribution in [2.24, 2.45) is 0 Å². The third-order valence-electron chi connectivity index (χ3n) is 5.53. The van der Waals surface area contributed by atoms with Crippen LogP contribution in [0.5, 0.6) is 0 Å². The smallest absolute Gasteiger partial charge is 0.337 e. The fourth-order valence-corrected chi connectivity index (χ4v) is 4.10. The number of methoxy groups -OCH3 is 1. The van der Waals surface area contributed by atoms with Crippen LogP contribution in [0, 0.1) is 5.82 Å². The molecule has 8 nitrogen and oxygen atoms in total. The van der Waals surface area contributed by atoms with Gasteiger partial charge in [-0.25, -0.2) is 9.18 Å². The normalized spacial score (nSPS) is 15.4. The van der Waals surface area contributed by atoms with Gasteiger partial charge in [0, 0.05) is 5.69 Å². The molecular formula is C25H22FN3O5S. The molecule has 1 aromatic heterocycles. The van der Waals surface area contributed by atoms with Crippen molar-refractivity contribution in [2.75, 3.05) is 12.4 Å². The van der Waals surface area contributed by atoms with Gasteiger partial charge in [-0.3, -0.25) is 14.5 Å². The van der Waals surface area contributed by atoms with Gasteiger partial charge in [0.25, 0.3) is 5.91 Å². The molecule has 0 aliphatic carbocycles. The Labute approximate surface area is 206 Å². The molecule has 10 heteroatoms. The Balaban J connectivity index is 1.50. The minimum absolute atomic E-state index is 0.152. The molecule has 4 rings (SSSR count). The molecule has 1 aliphatic rings. The van der Waals surface area contributed by atoms with E-state index in [0.29, 0.717) is 22.6 Å². The Kier molecular flexibility index (Phi) is 7.21. The molecule has 1 aliphatic heterocycles. The summed E-state index contributed by atoms with van der Waals surface area (Å²) in [6.07, 6.45) is 1.37. The molecule has 180 valence electrons. The second kappa shape index (κ2) is 10.5. The van der Waals surface area contributed by atoms with Gasteiger partial charge in [0.15, 0.2) is 5.11 Å². The average Bonchev–Trinajstić information content (AvgIpc) is 3.44. The van der Waals surface area contributed by atoms with Gasteiger partial charge in [-0.15, -0.1) is 0 Å². The Morgan fingerprint density at radius 3 is 2.43 bits per heavy atom.